The van der Waals surface area contributed by atoms with Crippen LogP contribution in [0.1, 0.15) is 19.4 Å². The molecule has 0 saturated carbocycles. The first kappa shape index (κ1) is 22.7. The maximum atomic E-state index is 12.8. The molecule has 0 aromatic heterocycles. The van der Waals surface area contributed by atoms with Gasteiger partial charge < -0.3 is 15.4 Å². The number of urea groups is 1. The third-order valence-electron chi connectivity index (χ3n) is 3.95. The number of carbonyl (C=O) groups is 1. The molecule has 158 valence electrons. The summed E-state index contributed by atoms with van der Waals surface area (Å²) >= 11 is 5.52. The summed E-state index contributed by atoms with van der Waals surface area (Å²) in [5, 5.41) is 4.06. The molecule has 0 aliphatic carbocycles. The molecule has 1 heterocycles. The largest absolute Gasteiger partial charge is 0.417 e. The zero-order valence-electron chi connectivity index (χ0n) is 15.2. The van der Waals surface area contributed by atoms with E-state index in [0.29, 0.717) is 6.07 Å². The highest BCUT2D eigenvalue weighted by molar-refractivity contribution is 7.89. The van der Waals surface area contributed by atoms with Gasteiger partial charge >= 0.3 is 12.2 Å². The Morgan fingerprint density at radius 3 is 2.46 bits per heavy atom. The molecule has 1 aromatic rings. The van der Waals surface area contributed by atoms with Gasteiger partial charge in [0.1, 0.15) is 0 Å². The van der Waals surface area contributed by atoms with Gasteiger partial charge in [-0.15, -0.1) is 0 Å². The van der Waals surface area contributed by atoms with E-state index in [9.17, 15) is 26.4 Å². The van der Waals surface area contributed by atoms with E-state index in [1.54, 1.807) is 13.8 Å². The average Bonchev–Trinajstić information content (AvgIpc) is 2.54. The van der Waals surface area contributed by atoms with Gasteiger partial charge in [0.05, 0.1) is 28.5 Å². The molecule has 2 unspecified atom stereocenters. The lowest BCUT2D eigenvalue weighted by atomic mass is 10.2. The monoisotopic (exact) mass is 443 g/mol. The van der Waals surface area contributed by atoms with Crippen LogP contribution in [0.15, 0.2) is 18.2 Å². The number of morpholine rings is 1. The zero-order valence-corrected chi connectivity index (χ0v) is 16.8. The minimum absolute atomic E-state index is 0.118. The van der Waals surface area contributed by atoms with Crippen molar-refractivity contribution in [2.75, 3.05) is 30.7 Å². The molecule has 2 rings (SSSR count). The molecule has 2 atom stereocenters. The first-order valence-electron chi connectivity index (χ1n) is 8.43. The fraction of sp³-hybridized carbons (Fsp3) is 0.562. The maximum Gasteiger partial charge on any atom is 0.417 e. The Balaban J connectivity index is 1.89. The standard InChI is InChI=1S/C16H21ClF3N3O4S/c1-10-8-23(9-11(2)27-10)28(25,26)6-5-21-15(24)22-12-3-4-14(17)13(7-12)16(18,19)20/h3-4,7,10-11H,5-6,8-9H2,1-2H3,(H2,21,22,24). The Kier molecular flexibility index (Phi) is 7.18. The molecule has 7 nitrogen and oxygen atoms in total. The van der Waals surface area contributed by atoms with Crippen LogP contribution in [-0.2, 0) is 20.9 Å². The highest BCUT2D eigenvalue weighted by Crippen LogP contribution is 2.36. The number of carbonyl (C=O) groups excluding carboxylic acids is 1. The summed E-state index contributed by atoms with van der Waals surface area (Å²) in [6.45, 7) is 3.79. The number of anilines is 1. The molecule has 0 bridgehead atoms. The van der Waals surface area contributed by atoms with Crippen LogP contribution in [-0.4, -0.2) is 56.3 Å². The SMILES string of the molecule is CC1CN(S(=O)(=O)CCNC(=O)Nc2ccc(Cl)c(C(F)(F)F)c2)CC(C)O1. The van der Waals surface area contributed by atoms with Crippen molar-refractivity contribution in [2.24, 2.45) is 0 Å². The number of amides is 2. The molecule has 2 amide bonds. The number of rotatable bonds is 5. The summed E-state index contributed by atoms with van der Waals surface area (Å²) < 4.78 is 70.0. The minimum atomic E-state index is -4.66. The molecule has 1 aromatic carbocycles. The predicted octanol–water partition coefficient (Wildman–Crippen LogP) is 2.92. The normalized spacial score (nSPS) is 21.4. The van der Waals surface area contributed by atoms with Crippen molar-refractivity contribution in [3.63, 3.8) is 0 Å². The number of nitrogens with one attached hydrogen (secondary N) is 2. The van der Waals surface area contributed by atoms with Crippen molar-refractivity contribution in [3.8, 4) is 0 Å². The lowest BCUT2D eigenvalue weighted by Gasteiger charge is -2.34. The van der Waals surface area contributed by atoms with E-state index >= 15 is 0 Å². The number of hydrogen-bond acceptors (Lipinski definition) is 4. The molecular formula is C16H21ClF3N3O4S. The van der Waals surface area contributed by atoms with Gasteiger partial charge in [0.15, 0.2) is 0 Å². The molecule has 1 saturated heterocycles. The summed E-state index contributed by atoms with van der Waals surface area (Å²) in [6, 6.07) is 2.11. The van der Waals surface area contributed by atoms with Gasteiger partial charge in [-0.25, -0.2) is 13.2 Å². The number of nitrogens with zero attached hydrogens (tertiary/aromatic N) is 1. The minimum Gasteiger partial charge on any atom is -0.373 e. The number of benzene rings is 1. The number of alkyl halides is 3. The van der Waals surface area contributed by atoms with Crippen molar-refractivity contribution < 1.29 is 31.1 Å². The second kappa shape index (κ2) is 8.85. The number of ether oxygens (including phenoxy) is 1. The van der Waals surface area contributed by atoms with Gasteiger partial charge in [0.25, 0.3) is 0 Å². The highest BCUT2D eigenvalue weighted by Gasteiger charge is 2.33. The van der Waals surface area contributed by atoms with Crippen molar-refractivity contribution in [3.05, 3.63) is 28.8 Å². The van der Waals surface area contributed by atoms with Crippen molar-refractivity contribution in [1.82, 2.24) is 9.62 Å². The van der Waals surface area contributed by atoms with E-state index in [1.807, 2.05) is 0 Å². The molecule has 1 aliphatic heterocycles. The Bertz CT molecular complexity index is 810. The Hall–Kier alpha value is -1.56. The van der Waals surface area contributed by atoms with E-state index in [4.69, 9.17) is 16.3 Å². The molecule has 1 aliphatic rings. The number of sulfonamides is 1. The molecule has 12 heteroatoms. The molecule has 2 N–H and O–H groups in total. The summed E-state index contributed by atoms with van der Waals surface area (Å²) in [5.41, 5.74) is -1.20. The van der Waals surface area contributed by atoms with Crippen LogP contribution < -0.4 is 10.6 Å². The topological polar surface area (TPSA) is 87.7 Å². The smallest absolute Gasteiger partial charge is 0.373 e. The predicted molar refractivity (Wildman–Crippen MR) is 98.8 cm³/mol. The zero-order chi connectivity index (χ0) is 21.1. The molecule has 28 heavy (non-hydrogen) atoms. The Labute approximate surface area is 166 Å². The first-order chi connectivity index (χ1) is 12.9. The van der Waals surface area contributed by atoms with E-state index in [2.05, 4.69) is 10.6 Å². The van der Waals surface area contributed by atoms with Gasteiger partial charge in [-0.2, -0.15) is 17.5 Å². The second-order valence-electron chi connectivity index (χ2n) is 6.46. The summed E-state index contributed by atoms with van der Waals surface area (Å²) in [4.78, 5) is 11.9. The van der Waals surface area contributed by atoms with Gasteiger partial charge in [0, 0.05) is 25.3 Å². The molecule has 1 fully saturated rings. The average molecular weight is 444 g/mol. The lowest BCUT2D eigenvalue weighted by molar-refractivity contribution is -0.137. The molecule has 0 radical (unpaired) electrons. The van der Waals surface area contributed by atoms with Crippen molar-refractivity contribution in [2.45, 2.75) is 32.2 Å². The van der Waals surface area contributed by atoms with E-state index in [-0.39, 0.29) is 43.3 Å². The highest BCUT2D eigenvalue weighted by atomic mass is 35.5. The van der Waals surface area contributed by atoms with Crippen LogP contribution in [0.5, 0.6) is 0 Å². The van der Waals surface area contributed by atoms with Crippen LogP contribution in [0.3, 0.4) is 0 Å². The van der Waals surface area contributed by atoms with Gasteiger partial charge in [0.2, 0.25) is 10.0 Å². The van der Waals surface area contributed by atoms with Gasteiger partial charge in [-0.3, -0.25) is 0 Å². The van der Waals surface area contributed by atoms with Gasteiger partial charge in [-0.1, -0.05) is 11.6 Å². The van der Waals surface area contributed by atoms with E-state index in [1.165, 1.54) is 10.4 Å². The third kappa shape index (κ3) is 6.23. The van der Waals surface area contributed by atoms with Crippen LogP contribution in [0.4, 0.5) is 23.7 Å². The van der Waals surface area contributed by atoms with E-state index < -0.39 is 32.8 Å². The quantitative estimate of drug-likeness (QED) is 0.732. The fourth-order valence-corrected chi connectivity index (χ4v) is 4.49. The summed E-state index contributed by atoms with van der Waals surface area (Å²) in [7, 11) is -3.60. The molecular weight excluding hydrogens is 423 g/mol. The van der Waals surface area contributed by atoms with E-state index in [0.717, 1.165) is 6.07 Å². The summed E-state index contributed by atoms with van der Waals surface area (Å²) in [5.74, 6) is -0.339. The van der Waals surface area contributed by atoms with Crippen molar-refractivity contribution >= 4 is 33.3 Å². The van der Waals surface area contributed by atoms with Crippen LogP contribution >= 0.6 is 11.6 Å². The Morgan fingerprint density at radius 2 is 1.89 bits per heavy atom. The van der Waals surface area contributed by atoms with Crippen LogP contribution in [0, 0.1) is 0 Å². The fourth-order valence-electron chi connectivity index (χ4n) is 2.78. The molecule has 0 spiro atoms. The summed E-state index contributed by atoms with van der Waals surface area (Å²) in [6.07, 6.45) is -5.13. The maximum absolute atomic E-state index is 12.8. The second-order valence-corrected chi connectivity index (χ2v) is 8.96. The third-order valence-corrected chi connectivity index (χ3v) is 6.09. The first-order valence-corrected chi connectivity index (χ1v) is 10.4. The van der Waals surface area contributed by atoms with Crippen molar-refractivity contribution in [1.29, 1.82) is 0 Å². The van der Waals surface area contributed by atoms with Crippen LogP contribution in [0.2, 0.25) is 5.02 Å². The Morgan fingerprint density at radius 1 is 1.29 bits per heavy atom. The number of hydrogen-bond donors (Lipinski definition) is 2. The number of halogens is 4. The van der Waals surface area contributed by atoms with Gasteiger partial charge in [-0.05, 0) is 32.0 Å². The van der Waals surface area contributed by atoms with Crippen LogP contribution in [0.25, 0.3) is 0 Å². The lowest BCUT2D eigenvalue weighted by Crippen LogP contribution is -2.49.